The normalized spacial score (nSPS) is 10.6. The molecular formula is C13H11BrF2N2O. The minimum atomic E-state index is -2.81. The second-order valence-electron chi connectivity index (χ2n) is 3.79. The van der Waals surface area contributed by atoms with Crippen molar-refractivity contribution in [2.45, 2.75) is 13.5 Å². The van der Waals surface area contributed by atoms with Gasteiger partial charge in [-0.1, -0.05) is 0 Å². The van der Waals surface area contributed by atoms with Crippen LogP contribution in [0.25, 0.3) is 0 Å². The number of aromatic nitrogens is 1. The molecule has 1 aromatic carbocycles. The van der Waals surface area contributed by atoms with Gasteiger partial charge in [0.2, 0.25) is 0 Å². The number of halogens is 3. The zero-order valence-corrected chi connectivity index (χ0v) is 11.6. The quantitative estimate of drug-likeness (QED) is 0.897. The fourth-order valence-corrected chi connectivity index (χ4v) is 1.70. The van der Waals surface area contributed by atoms with Gasteiger partial charge in [-0.05, 0) is 59.3 Å². The van der Waals surface area contributed by atoms with Crippen molar-refractivity contribution < 1.29 is 13.5 Å². The van der Waals surface area contributed by atoms with Gasteiger partial charge < -0.3 is 10.1 Å². The first-order valence-corrected chi connectivity index (χ1v) is 6.29. The number of ether oxygens (including phenoxy) is 1. The van der Waals surface area contributed by atoms with Crippen molar-refractivity contribution in [2.24, 2.45) is 0 Å². The number of hydrogen-bond donors (Lipinski definition) is 1. The Bertz CT molecular complexity index is 561. The Kier molecular flexibility index (Phi) is 4.31. The van der Waals surface area contributed by atoms with Crippen LogP contribution < -0.4 is 10.1 Å². The summed E-state index contributed by atoms with van der Waals surface area (Å²) >= 11 is 3.37. The van der Waals surface area contributed by atoms with Gasteiger partial charge in [0.05, 0.1) is 5.69 Å². The molecular weight excluding hydrogens is 318 g/mol. The number of rotatable bonds is 4. The van der Waals surface area contributed by atoms with E-state index in [1.807, 2.05) is 19.1 Å². The predicted molar refractivity (Wildman–Crippen MR) is 73.0 cm³/mol. The lowest BCUT2D eigenvalue weighted by molar-refractivity contribution is -0.0498. The second-order valence-corrected chi connectivity index (χ2v) is 4.65. The molecule has 0 bridgehead atoms. The van der Waals surface area contributed by atoms with Crippen LogP contribution in [-0.4, -0.2) is 11.6 Å². The van der Waals surface area contributed by atoms with Gasteiger partial charge in [0.25, 0.3) is 0 Å². The fraction of sp³-hybridized carbons (Fsp3) is 0.154. The smallest absolute Gasteiger partial charge is 0.387 e. The minimum absolute atomic E-state index is 0.125. The van der Waals surface area contributed by atoms with Gasteiger partial charge in [0.1, 0.15) is 11.6 Å². The van der Waals surface area contributed by atoms with Crippen LogP contribution in [0, 0.1) is 6.92 Å². The number of nitrogens with one attached hydrogen (secondary N) is 1. The molecule has 0 radical (unpaired) electrons. The molecule has 6 heteroatoms. The lowest BCUT2D eigenvalue weighted by Crippen LogP contribution is -2.01. The van der Waals surface area contributed by atoms with Gasteiger partial charge in [-0.15, -0.1) is 0 Å². The second kappa shape index (κ2) is 5.97. The minimum Gasteiger partial charge on any atom is -0.435 e. The summed E-state index contributed by atoms with van der Waals surface area (Å²) in [6.45, 7) is -0.927. The summed E-state index contributed by atoms with van der Waals surface area (Å²) in [6.07, 6.45) is 0. The van der Waals surface area contributed by atoms with Gasteiger partial charge in [-0.25, -0.2) is 4.98 Å². The third-order valence-corrected chi connectivity index (χ3v) is 3.21. The van der Waals surface area contributed by atoms with Crippen LogP contribution in [0.5, 0.6) is 5.75 Å². The Morgan fingerprint density at radius 2 is 1.84 bits per heavy atom. The predicted octanol–water partition coefficient (Wildman–Crippen LogP) is 4.50. The molecule has 100 valence electrons. The molecule has 0 spiro atoms. The monoisotopic (exact) mass is 328 g/mol. The van der Waals surface area contributed by atoms with E-state index in [2.05, 4.69) is 31.0 Å². The van der Waals surface area contributed by atoms with E-state index in [4.69, 9.17) is 0 Å². The summed E-state index contributed by atoms with van der Waals surface area (Å²) in [5, 5.41) is 3.08. The molecule has 0 aliphatic carbocycles. The number of anilines is 2. The van der Waals surface area contributed by atoms with Crippen molar-refractivity contribution in [3.63, 3.8) is 0 Å². The van der Waals surface area contributed by atoms with E-state index in [0.717, 1.165) is 15.9 Å². The third-order valence-electron chi connectivity index (χ3n) is 2.37. The highest BCUT2D eigenvalue weighted by Crippen LogP contribution is 2.22. The summed E-state index contributed by atoms with van der Waals surface area (Å²) in [6, 6.07) is 9.95. The van der Waals surface area contributed by atoms with Crippen LogP contribution in [0.1, 0.15) is 5.69 Å². The summed E-state index contributed by atoms with van der Waals surface area (Å²) in [5.41, 5.74) is 1.61. The Balaban J connectivity index is 2.08. The van der Waals surface area contributed by atoms with Gasteiger partial charge >= 0.3 is 6.61 Å². The number of hydrogen-bond acceptors (Lipinski definition) is 3. The fourth-order valence-electron chi connectivity index (χ4n) is 1.48. The van der Waals surface area contributed by atoms with E-state index >= 15 is 0 Å². The Labute approximate surface area is 117 Å². The number of alkyl halides is 2. The maximum atomic E-state index is 12.0. The first-order valence-electron chi connectivity index (χ1n) is 5.49. The van der Waals surface area contributed by atoms with Crippen molar-refractivity contribution >= 4 is 27.4 Å². The Morgan fingerprint density at radius 1 is 1.16 bits per heavy atom. The summed E-state index contributed by atoms with van der Waals surface area (Å²) in [7, 11) is 0. The van der Waals surface area contributed by atoms with E-state index in [9.17, 15) is 8.78 Å². The van der Waals surface area contributed by atoms with Crippen molar-refractivity contribution in [1.29, 1.82) is 0 Å². The first kappa shape index (κ1) is 13.7. The lowest BCUT2D eigenvalue weighted by Gasteiger charge is -2.08. The zero-order chi connectivity index (χ0) is 13.8. The molecule has 0 aliphatic rings. The summed E-state index contributed by atoms with van der Waals surface area (Å²) in [5.74, 6) is 0.809. The molecule has 1 heterocycles. The molecule has 1 aromatic heterocycles. The molecule has 0 unspecified atom stereocenters. The van der Waals surface area contributed by atoms with E-state index in [1.54, 1.807) is 12.1 Å². The van der Waals surface area contributed by atoms with E-state index < -0.39 is 6.61 Å². The highest BCUT2D eigenvalue weighted by molar-refractivity contribution is 9.10. The van der Waals surface area contributed by atoms with Crippen LogP contribution in [0.15, 0.2) is 40.9 Å². The van der Waals surface area contributed by atoms with Crippen molar-refractivity contribution in [3.8, 4) is 5.75 Å². The van der Waals surface area contributed by atoms with Crippen LogP contribution in [0.4, 0.5) is 20.3 Å². The molecule has 2 rings (SSSR count). The highest BCUT2D eigenvalue weighted by atomic mass is 79.9. The van der Waals surface area contributed by atoms with Crippen LogP contribution >= 0.6 is 15.9 Å². The molecule has 1 N–H and O–H groups in total. The average molecular weight is 329 g/mol. The Morgan fingerprint density at radius 3 is 2.42 bits per heavy atom. The molecule has 19 heavy (non-hydrogen) atoms. The third kappa shape index (κ3) is 3.89. The maximum absolute atomic E-state index is 12.0. The number of nitrogens with zero attached hydrogens (tertiary/aromatic N) is 1. The number of aryl methyl sites for hydroxylation is 1. The Hall–Kier alpha value is -1.69. The SMILES string of the molecule is Cc1nc(Nc2ccc(OC(F)F)cc2)ccc1Br. The van der Waals surface area contributed by atoms with E-state index in [0.29, 0.717) is 5.82 Å². The molecule has 0 amide bonds. The van der Waals surface area contributed by atoms with Crippen molar-refractivity contribution in [1.82, 2.24) is 4.98 Å². The summed E-state index contributed by atoms with van der Waals surface area (Å²) < 4.78 is 29.2. The van der Waals surface area contributed by atoms with Crippen molar-refractivity contribution in [2.75, 3.05) is 5.32 Å². The molecule has 0 fully saturated rings. The van der Waals surface area contributed by atoms with Gasteiger partial charge in [0.15, 0.2) is 0 Å². The van der Waals surface area contributed by atoms with Gasteiger partial charge in [-0.2, -0.15) is 8.78 Å². The van der Waals surface area contributed by atoms with Crippen LogP contribution in [0.2, 0.25) is 0 Å². The van der Waals surface area contributed by atoms with E-state index in [-0.39, 0.29) is 5.75 Å². The standard InChI is InChI=1S/C13H11BrF2N2O/c1-8-11(14)6-7-12(17-8)18-9-2-4-10(5-3-9)19-13(15)16/h2-7,13H,1H3,(H,17,18). The first-order chi connectivity index (χ1) is 9.04. The topological polar surface area (TPSA) is 34.2 Å². The zero-order valence-electron chi connectivity index (χ0n) is 10.0. The lowest BCUT2D eigenvalue weighted by atomic mass is 10.3. The largest absolute Gasteiger partial charge is 0.435 e. The molecule has 3 nitrogen and oxygen atoms in total. The molecule has 0 saturated carbocycles. The molecule has 0 atom stereocenters. The maximum Gasteiger partial charge on any atom is 0.387 e. The molecule has 0 aliphatic heterocycles. The molecule has 2 aromatic rings. The van der Waals surface area contributed by atoms with Gasteiger partial charge in [0, 0.05) is 10.2 Å². The highest BCUT2D eigenvalue weighted by Gasteiger charge is 2.04. The van der Waals surface area contributed by atoms with Crippen LogP contribution in [-0.2, 0) is 0 Å². The van der Waals surface area contributed by atoms with Crippen molar-refractivity contribution in [3.05, 3.63) is 46.6 Å². The molecule has 0 saturated heterocycles. The van der Waals surface area contributed by atoms with E-state index in [1.165, 1.54) is 12.1 Å². The number of pyridine rings is 1. The average Bonchev–Trinajstić information content (AvgIpc) is 2.36. The number of benzene rings is 1. The summed E-state index contributed by atoms with van der Waals surface area (Å²) in [4.78, 5) is 4.33. The van der Waals surface area contributed by atoms with Gasteiger partial charge in [-0.3, -0.25) is 0 Å². The van der Waals surface area contributed by atoms with Crippen LogP contribution in [0.3, 0.4) is 0 Å².